The van der Waals surface area contributed by atoms with Gasteiger partial charge in [0.15, 0.2) is 6.61 Å². The number of nitrogens with one attached hydrogen (secondary N) is 1. The second kappa shape index (κ2) is 10.2. The van der Waals surface area contributed by atoms with Crippen molar-refractivity contribution in [3.63, 3.8) is 0 Å². The van der Waals surface area contributed by atoms with Gasteiger partial charge in [-0.3, -0.25) is 4.79 Å². The first-order chi connectivity index (χ1) is 15.3. The van der Waals surface area contributed by atoms with Crippen molar-refractivity contribution in [3.05, 3.63) is 78.1 Å². The van der Waals surface area contributed by atoms with Crippen molar-refractivity contribution in [1.82, 2.24) is 19.4 Å². The minimum Gasteiger partial charge on any atom is -0.452 e. The average molecular weight is 457 g/mol. The van der Waals surface area contributed by atoms with Crippen molar-refractivity contribution < 1.29 is 22.7 Å². The molecule has 0 bridgehead atoms. The molecule has 3 rings (SSSR count). The van der Waals surface area contributed by atoms with Gasteiger partial charge in [0.25, 0.3) is 5.91 Å². The Morgan fingerprint density at radius 2 is 1.88 bits per heavy atom. The lowest BCUT2D eigenvalue weighted by Crippen LogP contribution is -2.30. The van der Waals surface area contributed by atoms with E-state index in [9.17, 15) is 18.0 Å². The van der Waals surface area contributed by atoms with Crippen molar-refractivity contribution in [2.45, 2.75) is 18.4 Å². The number of carbonyl (C=O) groups is 2. The second-order valence-electron chi connectivity index (χ2n) is 6.98. The maximum atomic E-state index is 12.4. The summed E-state index contributed by atoms with van der Waals surface area (Å²) in [5.74, 6) is -1.18. The Hall–Kier alpha value is -3.50. The van der Waals surface area contributed by atoms with Crippen LogP contribution in [0.3, 0.4) is 0 Å². The van der Waals surface area contributed by atoms with E-state index in [1.54, 1.807) is 24.9 Å². The first-order valence-electron chi connectivity index (χ1n) is 9.90. The fourth-order valence-electron chi connectivity index (χ4n) is 2.91. The van der Waals surface area contributed by atoms with E-state index in [1.807, 2.05) is 36.5 Å². The molecule has 168 valence electrons. The molecular weight excluding hydrogens is 432 g/mol. The van der Waals surface area contributed by atoms with Crippen LogP contribution in [0.25, 0.3) is 5.69 Å². The number of ether oxygens (including phenoxy) is 1. The van der Waals surface area contributed by atoms with Crippen molar-refractivity contribution in [2.75, 3.05) is 20.2 Å². The molecule has 0 fully saturated rings. The van der Waals surface area contributed by atoms with Crippen LogP contribution in [0.1, 0.15) is 22.8 Å². The fraction of sp³-hybridized carbons (Fsp3) is 0.227. The van der Waals surface area contributed by atoms with Gasteiger partial charge < -0.3 is 9.64 Å². The summed E-state index contributed by atoms with van der Waals surface area (Å²) in [4.78, 5) is 26.1. The molecule has 1 aromatic heterocycles. The molecule has 2 aromatic carbocycles. The Kier molecular flexibility index (Phi) is 7.39. The molecule has 0 unspecified atom stereocenters. The summed E-state index contributed by atoms with van der Waals surface area (Å²) in [5, 5.41) is 4.29. The molecule has 1 heterocycles. The molecule has 0 aliphatic carbocycles. The third-order valence-electron chi connectivity index (χ3n) is 4.54. The SMILES string of the molecule is CCNS(=O)(=O)c1cccc(C(=O)OCC(=O)N(C)Cc2cnn(-c3ccccc3)c2)c1. The van der Waals surface area contributed by atoms with Gasteiger partial charge in [0, 0.05) is 31.9 Å². The summed E-state index contributed by atoms with van der Waals surface area (Å²) in [5.41, 5.74) is 1.76. The molecule has 0 saturated carbocycles. The molecule has 9 nitrogen and oxygen atoms in total. The van der Waals surface area contributed by atoms with Crippen LogP contribution < -0.4 is 4.72 Å². The second-order valence-corrected chi connectivity index (χ2v) is 8.75. The van der Waals surface area contributed by atoms with Gasteiger partial charge in [-0.2, -0.15) is 5.10 Å². The van der Waals surface area contributed by atoms with Crippen LogP contribution in [0.5, 0.6) is 0 Å². The summed E-state index contributed by atoms with van der Waals surface area (Å²) in [6.45, 7) is 1.71. The summed E-state index contributed by atoms with van der Waals surface area (Å²) < 4.78 is 33.3. The zero-order valence-electron chi connectivity index (χ0n) is 17.8. The van der Waals surface area contributed by atoms with Gasteiger partial charge in [0.1, 0.15) is 0 Å². The summed E-state index contributed by atoms with van der Waals surface area (Å²) in [7, 11) is -2.11. The van der Waals surface area contributed by atoms with E-state index < -0.39 is 28.5 Å². The van der Waals surface area contributed by atoms with E-state index in [0.29, 0.717) is 6.54 Å². The number of esters is 1. The smallest absolute Gasteiger partial charge is 0.338 e. The molecule has 0 atom stereocenters. The standard InChI is InChI=1S/C22H24N4O5S/c1-3-24-32(29,30)20-11-7-8-18(12-20)22(28)31-16-21(27)25(2)14-17-13-23-26(15-17)19-9-5-4-6-10-19/h4-13,15,24H,3,14,16H2,1-2H3. The first kappa shape index (κ1) is 23.2. The number of amides is 1. The molecule has 1 N–H and O–H groups in total. The Morgan fingerprint density at radius 1 is 1.12 bits per heavy atom. The molecule has 0 spiro atoms. The van der Waals surface area contributed by atoms with E-state index in [1.165, 1.54) is 29.2 Å². The molecular formula is C22H24N4O5S. The van der Waals surface area contributed by atoms with Gasteiger partial charge in [-0.05, 0) is 30.3 Å². The lowest BCUT2D eigenvalue weighted by Gasteiger charge is -2.16. The fourth-order valence-corrected chi connectivity index (χ4v) is 4.00. The van der Waals surface area contributed by atoms with Crippen LogP contribution in [-0.2, 0) is 26.1 Å². The van der Waals surface area contributed by atoms with Crippen LogP contribution in [0.4, 0.5) is 0 Å². The molecule has 3 aromatic rings. The van der Waals surface area contributed by atoms with Crippen molar-refractivity contribution >= 4 is 21.9 Å². The Morgan fingerprint density at radius 3 is 2.59 bits per heavy atom. The number of rotatable bonds is 9. The summed E-state index contributed by atoms with van der Waals surface area (Å²) in [6.07, 6.45) is 3.49. The number of sulfonamides is 1. The average Bonchev–Trinajstić information content (AvgIpc) is 3.26. The van der Waals surface area contributed by atoms with E-state index in [4.69, 9.17) is 4.74 Å². The Balaban J connectivity index is 1.56. The number of hydrogen-bond acceptors (Lipinski definition) is 6. The normalized spacial score (nSPS) is 11.2. The Labute approximate surface area is 186 Å². The number of hydrogen-bond donors (Lipinski definition) is 1. The monoisotopic (exact) mass is 456 g/mol. The highest BCUT2D eigenvalue weighted by molar-refractivity contribution is 7.89. The molecule has 32 heavy (non-hydrogen) atoms. The van der Waals surface area contributed by atoms with E-state index in [-0.39, 0.29) is 17.0 Å². The predicted octanol–water partition coefficient (Wildman–Crippen LogP) is 1.99. The number of benzene rings is 2. The molecule has 1 amide bonds. The first-order valence-corrected chi connectivity index (χ1v) is 11.4. The largest absolute Gasteiger partial charge is 0.452 e. The van der Waals surface area contributed by atoms with Crippen LogP contribution >= 0.6 is 0 Å². The quantitative estimate of drug-likeness (QED) is 0.493. The predicted molar refractivity (Wildman–Crippen MR) is 118 cm³/mol. The van der Waals surface area contributed by atoms with Gasteiger partial charge in [-0.25, -0.2) is 22.6 Å². The zero-order chi connectivity index (χ0) is 23.1. The zero-order valence-corrected chi connectivity index (χ0v) is 18.6. The van der Waals surface area contributed by atoms with Crippen molar-refractivity contribution in [3.8, 4) is 5.69 Å². The highest BCUT2D eigenvalue weighted by Crippen LogP contribution is 2.13. The van der Waals surface area contributed by atoms with Gasteiger partial charge >= 0.3 is 5.97 Å². The Bertz CT molecular complexity index is 1190. The summed E-state index contributed by atoms with van der Waals surface area (Å²) >= 11 is 0. The number of carbonyl (C=O) groups excluding carboxylic acids is 2. The van der Waals surface area contributed by atoms with Crippen LogP contribution in [0.15, 0.2) is 71.9 Å². The number of nitrogens with zero attached hydrogens (tertiary/aromatic N) is 3. The lowest BCUT2D eigenvalue weighted by atomic mass is 10.2. The minimum absolute atomic E-state index is 0.0450. The minimum atomic E-state index is -3.70. The summed E-state index contributed by atoms with van der Waals surface area (Å²) in [6, 6.07) is 15.0. The number of likely N-dealkylation sites (N-methyl/N-ethyl adjacent to an activating group) is 1. The van der Waals surface area contributed by atoms with Crippen LogP contribution in [-0.4, -0.2) is 55.2 Å². The third-order valence-corrected chi connectivity index (χ3v) is 6.09. The maximum absolute atomic E-state index is 12.4. The molecule has 0 aliphatic rings. The lowest BCUT2D eigenvalue weighted by molar-refractivity contribution is -0.133. The number of aromatic nitrogens is 2. The van der Waals surface area contributed by atoms with E-state index in [0.717, 1.165) is 11.3 Å². The van der Waals surface area contributed by atoms with E-state index in [2.05, 4.69) is 9.82 Å². The van der Waals surface area contributed by atoms with Crippen molar-refractivity contribution in [2.24, 2.45) is 0 Å². The third kappa shape index (κ3) is 5.80. The molecule has 0 radical (unpaired) electrons. The number of para-hydroxylation sites is 1. The van der Waals surface area contributed by atoms with Gasteiger partial charge in [0.05, 0.1) is 22.3 Å². The molecule has 0 saturated heterocycles. The van der Waals surface area contributed by atoms with Crippen molar-refractivity contribution in [1.29, 1.82) is 0 Å². The van der Waals surface area contributed by atoms with Gasteiger partial charge in [-0.1, -0.05) is 31.2 Å². The maximum Gasteiger partial charge on any atom is 0.338 e. The van der Waals surface area contributed by atoms with Gasteiger partial charge in [0.2, 0.25) is 10.0 Å². The molecule has 0 aliphatic heterocycles. The highest BCUT2D eigenvalue weighted by atomic mass is 32.2. The van der Waals surface area contributed by atoms with E-state index >= 15 is 0 Å². The molecule has 10 heteroatoms. The van der Waals surface area contributed by atoms with Crippen LogP contribution in [0, 0.1) is 0 Å². The topological polar surface area (TPSA) is 111 Å². The van der Waals surface area contributed by atoms with Gasteiger partial charge in [-0.15, -0.1) is 0 Å². The van der Waals surface area contributed by atoms with Crippen LogP contribution in [0.2, 0.25) is 0 Å². The highest BCUT2D eigenvalue weighted by Gasteiger charge is 2.18.